The molecule has 128 valence electrons. The SMILES string of the molecule is C[C@@H](C(=O)NCc1c[nH]c2ccccc12)n1nc2c(cc1=O)CCC2. The van der Waals surface area contributed by atoms with Gasteiger partial charge < -0.3 is 10.3 Å². The van der Waals surface area contributed by atoms with Crippen molar-refractivity contribution in [1.29, 1.82) is 0 Å². The molecule has 4 rings (SSSR count). The summed E-state index contributed by atoms with van der Waals surface area (Å²) in [6.45, 7) is 2.12. The smallest absolute Gasteiger partial charge is 0.267 e. The summed E-state index contributed by atoms with van der Waals surface area (Å²) < 4.78 is 1.30. The van der Waals surface area contributed by atoms with E-state index in [1.165, 1.54) is 4.68 Å². The zero-order chi connectivity index (χ0) is 17.4. The maximum atomic E-state index is 12.5. The summed E-state index contributed by atoms with van der Waals surface area (Å²) in [5, 5.41) is 8.40. The first kappa shape index (κ1) is 15.6. The second-order valence-corrected chi connectivity index (χ2v) is 6.51. The summed E-state index contributed by atoms with van der Waals surface area (Å²) >= 11 is 0. The number of amides is 1. The van der Waals surface area contributed by atoms with Crippen LogP contribution in [0.1, 0.15) is 36.2 Å². The Morgan fingerprint density at radius 3 is 3.08 bits per heavy atom. The Balaban J connectivity index is 1.50. The molecule has 2 N–H and O–H groups in total. The third-order valence-electron chi connectivity index (χ3n) is 4.86. The van der Waals surface area contributed by atoms with Crippen molar-refractivity contribution in [1.82, 2.24) is 20.1 Å². The normalized spacial score (nSPS) is 14.4. The number of carbonyl (C=O) groups is 1. The van der Waals surface area contributed by atoms with Crippen molar-refractivity contribution in [3.63, 3.8) is 0 Å². The minimum absolute atomic E-state index is 0.210. The number of fused-ring (bicyclic) bond motifs is 2. The van der Waals surface area contributed by atoms with Gasteiger partial charge >= 0.3 is 0 Å². The van der Waals surface area contributed by atoms with Crippen molar-refractivity contribution < 1.29 is 4.79 Å². The number of nitrogens with one attached hydrogen (secondary N) is 2. The number of hydrogen-bond donors (Lipinski definition) is 2. The highest BCUT2D eigenvalue weighted by Gasteiger charge is 2.21. The van der Waals surface area contributed by atoms with Crippen molar-refractivity contribution >= 4 is 16.8 Å². The third-order valence-corrected chi connectivity index (χ3v) is 4.86. The maximum Gasteiger partial charge on any atom is 0.267 e. The summed E-state index contributed by atoms with van der Waals surface area (Å²) in [5.74, 6) is -0.210. The van der Waals surface area contributed by atoms with Gasteiger partial charge in [-0.25, -0.2) is 4.68 Å². The Labute approximate surface area is 144 Å². The van der Waals surface area contributed by atoms with Crippen molar-refractivity contribution in [2.24, 2.45) is 0 Å². The molecule has 0 unspecified atom stereocenters. The van der Waals surface area contributed by atoms with E-state index >= 15 is 0 Å². The van der Waals surface area contributed by atoms with Crippen LogP contribution < -0.4 is 10.9 Å². The zero-order valence-corrected chi connectivity index (χ0v) is 14.1. The number of aromatic nitrogens is 3. The van der Waals surface area contributed by atoms with Gasteiger partial charge in [-0.2, -0.15) is 5.10 Å². The van der Waals surface area contributed by atoms with Crippen LogP contribution >= 0.6 is 0 Å². The molecular formula is C19H20N4O2. The number of hydrogen-bond acceptors (Lipinski definition) is 3. The molecule has 1 aliphatic rings. The Morgan fingerprint density at radius 1 is 1.36 bits per heavy atom. The molecule has 1 aromatic carbocycles. The van der Waals surface area contributed by atoms with Crippen LogP contribution in [0.15, 0.2) is 41.3 Å². The maximum absolute atomic E-state index is 12.5. The van der Waals surface area contributed by atoms with Gasteiger partial charge in [0.1, 0.15) is 6.04 Å². The van der Waals surface area contributed by atoms with E-state index in [1.807, 2.05) is 30.5 Å². The average Bonchev–Trinajstić information content (AvgIpc) is 3.24. The lowest BCUT2D eigenvalue weighted by molar-refractivity contribution is -0.124. The summed E-state index contributed by atoms with van der Waals surface area (Å²) in [4.78, 5) is 27.9. The summed E-state index contributed by atoms with van der Waals surface area (Å²) in [6.07, 6.45) is 4.70. The van der Waals surface area contributed by atoms with Crippen molar-refractivity contribution in [3.8, 4) is 0 Å². The number of H-pyrrole nitrogens is 1. The van der Waals surface area contributed by atoms with E-state index in [0.29, 0.717) is 6.54 Å². The topological polar surface area (TPSA) is 79.8 Å². The van der Waals surface area contributed by atoms with Gasteiger partial charge in [0.05, 0.1) is 5.69 Å². The molecule has 2 heterocycles. The van der Waals surface area contributed by atoms with E-state index in [-0.39, 0.29) is 11.5 Å². The lowest BCUT2D eigenvalue weighted by atomic mass is 10.2. The molecular weight excluding hydrogens is 316 g/mol. The predicted molar refractivity (Wildman–Crippen MR) is 95.4 cm³/mol. The van der Waals surface area contributed by atoms with E-state index < -0.39 is 6.04 Å². The van der Waals surface area contributed by atoms with Gasteiger partial charge in [-0.3, -0.25) is 9.59 Å². The van der Waals surface area contributed by atoms with Crippen molar-refractivity contribution in [3.05, 3.63) is 63.7 Å². The molecule has 0 radical (unpaired) electrons. The minimum Gasteiger partial charge on any atom is -0.361 e. The number of rotatable bonds is 4. The lowest BCUT2D eigenvalue weighted by Gasteiger charge is -2.15. The van der Waals surface area contributed by atoms with Gasteiger partial charge in [0.15, 0.2) is 0 Å². The standard InChI is InChI=1S/C19H20N4O2/c1-12(23-18(24)9-13-5-4-8-16(13)22-23)19(25)21-11-14-10-20-17-7-3-2-6-15(14)17/h2-3,6-7,9-10,12,20H,4-5,8,11H2,1H3,(H,21,25)/t12-/m0/s1. The first-order chi connectivity index (χ1) is 12.1. The molecule has 0 saturated heterocycles. The zero-order valence-electron chi connectivity index (χ0n) is 14.1. The van der Waals surface area contributed by atoms with Gasteiger partial charge in [0, 0.05) is 29.7 Å². The number of para-hydroxylation sites is 1. The van der Waals surface area contributed by atoms with Crippen LogP contribution in [0.3, 0.4) is 0 Å². The van der Waals surface area contributed by atoms with E-state index in [9.17, 15) is 9.59 Å². The summed E-state index contributed by atoms with van der Waals surface area (Å²) in [6, 6.07) is 8.94. The van der Waals surface area contributed by atoms with Crippen LogP contribution in [-0.2, 0) is 24.2 Å². The molecule has 3 aromatic rings. The molecule has 0 fully saturated rings. The molecule has 0 bridgehead atoms. The molecule has 2 aromatic heterocycles. The Bertz CT molecular complexity index is 1000. The molecule has 1 amide bonds. The van der Waals surface area contributed by atoms with Gasteiger partial charge in [0.25, 0.3) is 5.56 Å². The average molecular weight is 336 g/mol. The monoisotopic (exact) mass is 336 g/mol. The van der Waals surface area contributed by atoms with E-state index in [0.717, 1.165) is 47.0 Å². The van der Waals surface area contributed by atoms with Crippen LogP contribution in [0.25, 0.3) is 10.9 Å². The predicted octanol–water partition coefficient (Wildman–Crippen LogP) is 2.09. The lowest BCUT2D eigenvalue weighted by Crippen LogP contribution is -2.37. The minimum atomic E-state index is -0.636. The fourth-order valence-corrected chi connectivity index (χ4v) is 3.41. The largest absolute Gasteiger partial charge is 0.361 e. The van der Waals surface area contributed by atoms with Crippen LogP contribution in [0, 0.1) is 0 Å². The van der Waals surface area contributed by atoms with Gasteiger partial charge in [-0.05, 0) is 43.4 Å². The second kappa shape index (κ2) is 6.20. The molecule has 1 aliphatic carbocycles. The Kier molecular flexibility index (Phi) is 3.87. The summed E-state index contributed by atoms with van der Waals surface area (Å²) in [5.41, 5.74) is 3.81. The second-order valence-electron chi connectivity index (χ2n) is 6.51. The van der Waals surface area contributed by atoms with Crippen LogP contribution in [0.4, 0.5) is 0 Å². The van der Waals surface area contributed by atoms with Crippen molar-refractivity contribution in [2.75, 3.05) is 0 Å². The fourth-order valence-electron chi connectivity index (χ4n) is 3.41. The number of benzene rings is 1. The van der Waals surface area contributed by atoms with Crippen LogP contribution in [0.5, 0.6) is 0 Å². The van der Waals surface area contributed by atoms with Gasteiger partial charge in [-0.15, -0.1) is 0 Å². The Hall–Kier alpha value is -2.89. The number of carbonyl (C=O) groups excluding carboxylic acids is 1. The Morgan fingerprint density at radius 2 is 2.20 bits per heavy atom. The number of aromatic amines is 1. The highest BCUT2D eigenvalue weighted by Crippen LogP contribution is 2.19. The molecule has 0 spiro atoms. The van der Waals surface area contributed by atoms with Crippen molar-refractivity contribution in [2.45, 2.75) is 38.8 Å². The summed E-state index contributed by atoms with van der Waals surface area (Å²) in [7, 11) is 0. The number of nitrogens with zero attached hydrogens (tertiary/aromatic N) is 2. The highest BCUT2D eigenvalue weighted by molar-refractivity contribution is 5.84. The third kappa shape index (κ3) is 2.84. The van der Waals surface area contributed by atoms with E-state index in [4.69, 9.17) is 0 Å². The van der Waals surface area contributed by atoms with Crippen LogP contribution in [-0.4, -0.2) is 20.7 Å². The number of aryl methyl sites for hydroxylation is 2. The molecule has 25 heavy (non-hydrogen) atoms. The highest BCUT2D eigenvalue weighted by atomic mass is 16.2. The molecule has 6 heteroatoms. The molecule has 0 aliphatic heterocycles. The first-order valence-electron chi connectivity index (χ1n) is 8.58. The molecule has 1 atom stereocenters. The van der Waals surface area contributed by atoms with Crippen LogP contribution in [0.2, 0.25) is 0 Å². The van der Waals surface area contributed by atoms with Gasteiger partial charge in [0.2, 0.25) is 5.91 Å². The quantitative estimate of drug-likeness (QED) is 0.765. The molecule has 6 nitrogen and oxygen atoms in total. The van der Waals surface area contributed by atoms with E-state index in [1.54, 1.807) is 13.0 Å². The fraction of sp³-hybridized carbons (Fsp3) is 0.316. The first-order valence-corrected chi connectivity index (χ1v) is 8.58. The molecule has 0 saturated carbocycles. The van der Waals surface area contributed by atoms with Gasteiger partial charge in [-0.1, -0.05) is 18.2 Å². The van der Waals surface area contributed by atoms with E-state index in [2.05, 4.69) is 15.4 Å².